The summed E-state index contributed by atoms with van der Waals surface area (Å²) in [4.78, 5) is 2.49. The molecule has 100 valence electrons. The first-order chi connectivity index (χ1) is 8.61. The standard InChI is InChI=1S/C14H20Cl2N2/c1-10(13-4-3-11(15)9-14(13)16)18-7-5-12(17-2)6-8-18/h3-4,9-10,12,17H,5-8H2,1-2H3. The summed E-state index contributed by atoms with van der Waals surface area (Å²) in [6.45, 7) is 4.45. The Kier molecular flexibility index (Phi) is 4.91. The Morgan fingerprint density at radius 3 is 2.50 bits per heavy atom. The van der Waals surface area contributed by atoms with Gasteiger partial charge in [-0.2, -0.15) is 0 Å². The number of hydrogen-bond acceptors (Lipinski definition) is 2. The van der Waals surface area contributed by atoms with Gasteiger partial charge in [0.1, 0.15) is 0 Å². The van der Waals surface area contributed by atoms with E-state index in [4.69, 9.17) is 23.2 Å². The van der Waals surface area contributed by atoms with Gasteiger partial charge in [0.2, 0.25) is 0 Å². The first kappa shape index (κ1) is 14.1. The lowest BCUT2D eigenvalue weighted by atomic mass is 10.0. The lowest BCUT2D eigenvalue weighted by molar-refractivity contribution is 0.155. The molecule has 1 aliphatic heterocycles. The Labute approximate surface area is 119 Å². The van der Waals surface area contributed by atoms with Crippen LogP contribution in [0.5, 0.6) is 0 Å². The Hall–Kier alpha value is -0.280. The van der Waals surface area contributed by atoms with Crippen molar-refractivity contribution >= 4 is 23.2 Å². The Morgan fingerprint density at radius 2 is 1.94 bits per heavy atom. The number of rotatable bonds is 3. The van der Waals surface area contributed by atoms with Gasteiger partial charge in [0.25, 0.3) is 0 Å². The van der Waals surface area contributed by atoms with Crippen molar-refractivity contribution in [3.63, 3.8) is 0 Å². The van der Waals surface area contributed by atoms with E-state index in [1.54, 1.807) is 0 Å². The van der Waals surface area contributed by atoms with E-state index in [0.717, 1.165) is 18.1 Å². The van der Waals surface area contributed by atoms with E-state index < -0.39 is 0 Å². The van der Waals surface area contributed by atoms with Crippen LogP contribution in [0.4, 0.5) is 0 Å². The molecule has 1 N–H and O–H groups in total. The topological polar surface area (TPSA) is 15.3 Å². The summed E-state index contributed by atoms with van der Waals surface area (Å²) < 4.78 is 0. The van der Waals surface area contributed by atoms with Crippen LogP contribution in [0.15, 0.2) is 18.2 Å². The van der Waals surface area contributed by atoms with Crippen molar-refractivity contribution in [3.8, 4) is 0 Å². The minimum Gasteiger partial charge on any atom is -0.317 e. The first-order valence-corrected chi connectivity index (χ1v) is 7.23. The van der Waals surface area contributed by atoms with Crippen LogP contribution in [0.2, 0.25) is 10.0 Å². The fraction of sp³-hybridized carbons (Fsp3) is 0.571. The molecule has 1 heterocycles. The van der Waals surface area contributed by atoms with Crippen LogP contribution in [0.1, 0.15) is 31.4 Å². The predicted octanol–water partition coefficient (Wildman–Crippen LogP) is 3.74. The van der Waals surface area contributed by atoms with Gasteiger partial charge in [-0.15, -0.1) is 0 Å². The number of benzene rings is 1. The molecule has 0 aromatic heterocycles. The van der Waals surface area contributed by atoms with E-state index in [9.17, 15) is 0 Å². The average molecular weight is 287 g/mol. The molecule has 1 aromatic rings. The molecule has 1 fully saturated rings. The fourth-order valence-electron chi connectivity index (χ4n) is 2.61. The molecule has 18 heavy (non-hydrogen) atoms. The maximum absolute atomic E-state index is 6.28. The van der Waals surface area contributed by atoms with Crippen molar-refractivity contribution < 1.29 is 0 Å². The average Bonchev–Trinajstić information content (AvgIpc) is 2.38. The first-order valence-electron chi connectivity index (χ1n) is 6.48. The van der Waals surface area contributed by atoms with Crippen LogP contribution in [0, 0.1) is 0 Å². The lowest BCUT2D eigenvalue weighted by Gasteiger charge is -2.36. The van der Waals surface area contributed by atoms with Gasteiger partial charge in [0.05, 0.1) is 0 Å². The van der Waals surface area contributed by atoms with Gasteiger partial charge in [-0.25, -0.2) is 0 Å². The molecule has 0 spiro atoms. The zero-order chi connectivity index (χ0) is 13.1. The van der Waals surface area contributed by atoms with Gasteiger partial charge in [-0.3, -0.25) is 4.90 Å². The van der Waals surface area contributed by atoms with Gasteiger partial charge in [-0.05, 0) is 44.5 Å². The molecule has 0 bridgehead atoms. The van der Waals surface area contributed by atoms with Gasteiger partial charge in [0, 0.05) is 35.2 Å². The van der Waals surface area contributed by atoms with Crippen LogP contribution in [0.3, 0.4) is 0 Å². The van der Waals surface area contributed by atoms with E-state index in [-0.39, 0.29) is 0 Å². The molecular weight excluding hydrogens is 267 g/mol. The van der Waals surface area contributed by atoms with Gasteiger partial charge >= 0.3 is 0 Å². The van der Waals surface area contributed by atoms with Gasteiger partial charge < -0.3 is 5.32 Å². The Balaban J connectivity index is 2.05. The second-order valence-corrected chi connectivity index (χ2v) is 5.78. The van der Waals surface area contributed by atoms with Crippen LogP contribution >= 0.6 is 23.2 Å². The monoisotopic (exact) mass is 286 g/mol. The summed E-state index contributed by atoms with van der Waals surface area (Å²) in [6.07, 6.45) is 2.40. The number of nitrogens with one attached hydrogen (secondary N) is 1. The Morgan fingerprint density at radius 1 is 1.28 bits per heavy atom. The third-order valence-electron chi connectivity index (χ3n) is 3.90. The molecule has 0 amide bonds. The summed E-state index contributed by atoms with van der Waals surface area (Å²) in [5.74, 6) is 0. The van der Waals surface area contributed by atoms with Crippen LogP contribution < -0.4 is 5.32 Å². The Bertz CT molecular complexity index is 401. The van der Waals surface area contributed by atoms with Crippen molar-refractivity contribution in [2.24, 2.45) is 0 Å². The third-order valence-corrected chi connectivity index (χ3v) is 4.46. The van der Waals surface area contributed by atoms with Crippen molar-refractivity contribution in [2.45, 2.75) is 31.8 Å². The van der Waals surface area contributed by atoms with Crippen LogP contribution in [0.25, 0.3) is 0 Å². The van der Waals surface area contributed by atoms with E-state index in [1.807, 2.05) is 25.2 Å². The highest BCUT2D eigenvalue weighted by atomic mass is 35.5. The number of piperidine rings is 1. The van der Waals surface area contributed by atoms with Crippen molar-refractivity contribution in [3.05, 3.63) is 33.8 Å². The summed E-state index contributed by atoms with van der Waals surface area (Å²) in [7, 11) is 2.04. The van der Waals surface area contributed by atoms with Crippen molar-refractivity contribution in [1.29, 1.82) is 0 Å². The lowest BCUT2D eigenvalue weighted by Crippen LogP contribution is -2.42. The highest BCUT2D eigenvalue weighted by molar-refractivity contribution is 6.35. The second-order valence-electron chi connectivity index (χ2n) is 4.94. The molecule has 1 atom stereocenters. The highest BCUT2D eigenvalue weighted by Gasteiger charge is 2.23. The maximum atomic E-state index is 6.28. The smallest absolute Gasteiger partial charge is 0.0468 e. The number of likely N-dealkylation sites (tertiary alicyclic amines) is 1. The summed E-state index contributed by atoms with van der Waals surface area (Å²) in [5, 5.41) is 4.82. The quantitative estimate of drug-likeness (QED) is 0.911. The molecule has 2 rings (SSSR count). The van der Waals surface area contributed by atoms with Gasteiger partial charge in [0.15, 0.2) is 0 Å². The van der Waals surface area contributed by atoms with E-state index in [2.05, 4.69) is 17.1 Å². The number of nitrogens with zero attached hydrogens (tertiary/aromatic N) is 1. The normalized spacial score (nSPS) is 20.0. The fourth-order valence-corrected chi connectivity index (χ4v) is 3.18. The van der Waals surface area contributed by atoms with Crippen molar-refractivity contribution in [1.82, 2.24) is 10.2 Å². The maximum Gasteiger partial charge on any atom is 0.0468 e. The molecule has 1 aromatic carbocycles. The molecule has 1 aliphatic rings. The molecule has 0 saturated carbocycles. The third kappa shape index (κ3) is 3.18. The van der Waals surface area contributed by atoms with Gasteiger partial charge in [-0.1, -0.05) is 29.3 Å². The van der Waals surface area contributed by atoms with E-state index >= 15 is 0 Å². The largest absolute Gasteiger partial charge is 0.317 e. The zero-order valence-electron chi connectivity index (χ0n) is 10.9. The number of hydrogen-bond donors (Lipinski definition) is 1. The molecule has 1 unspecified atom stereocenters. The molecule has 2 nitrogen and oxygen atoms in total. The summed E-state index contributed by atoms with van der Waals surface area (Å²) in [5.41, 5.74) is 1.17. The summed E-state index contributed by atoms with van der Waals surface area (Å²) >= 11 is 12.2. The van der Waals surface area contributed by atoms with Crippen LogP contribution in [-0.4, -0.2) is 31.1 Å². The minimum absolute atomic E-state index is 0.354. The van der Waals surface area contributed by atoms with Crippen molar-refractivity contribution in [2.75, 3.05) is 20.1 Å². The second kappa shape index (κ2) is 6.25. The molecule has 4 heteroatoms. The summed E-state index contributed by atoms with van der Waals surface area (Å²) in [6, 6.07) is 6.80. The van der Waals surface area contributed by atoms with E-state index in [1.165, 1.54) is 18.4 Å². The highest BCUT2D eigenvalue weighted by Crippen LogP contribution is 2.31. The molecular formula is C14H20Cl2N2. The minimum atomic E-state index is 0.354. The molecule has 0 radical (unpaired) electrons. The van der Waals surface area contributed by atoms with Crippen LogP contribution in [-0.2, 0) is 0 Å². The zero-order valence-corrected chi connectivity index (χ0v) is 12.4. The SMILES string of the molecule is CNC1CCN(C(C)c2ccc(Cl)cc2Cl)CC1. The van der Waals surface area contributed by atoms with E-state index in [0.29, 0.717) is 17.1 Å². The number of halogens is 2. The predicted molar refractivity (Wildman–Crippen MR) is 78.5 cm³/mol. The molecule has 1 saturated heterocycles. The molecule has 0 aliphatic carbocycles.